The zero-order chi connectivity index (χ0) is 9.56. The van der Waals surface area contributed by atoms with E-state index in [1.165, 1.54) is 6.92 Å². The average molecular weight is 172 g/mol. The molecule has 0 rings (SSSR count). The number of carbonyl (C=O) groups excluding carboxylic acids is 2. The number of rotatable bonds is 6. The Labute approximate surface area is 70.7 Å². The van der Waals surface area contributed by atoms with E-state index in [4.69, 9.17) is 0 Å². The van der Waals surface area contributed by atoms with Gasteiger partial charge in [0.05, 0.1) is 18.4 Å². The quantitative estimate of drug-likeness (QED) is 0.433. The number of nitroso groups, excluding NO2 is 1. The summed E-state index contributed by atoms with van der Waals surface area (Å²) in [6.45, 7) is 2.88. The van der Waals surface area contributed by atoms with Crippen molar-refractivity contribution in [2.45, 2.75) is 20.3 Å². The highest BCUT2D eigenvalue weighted by Gasteiger charge is 2.09. The van der Waals surface area contributed by atoms with E-state index in [9.17, 15) is 14.5 Å². The smallest absolute Gasteiger partial charge is 0.153 e. The number of hydrogen-bond acceptors (Lipinski definition) is 4. The zero-order valence-electron chi connectivity index (χ0n) is 7.24. The summed E-state index contributed by atoms with van der Waals surface area (Å²) in [6.07, 6.45) is 0.351. The Morgan fingerprint density at radius 3 is 2.25 bits per heavy atom. The highest BCUT2D eigenvalue weighted by atomic mass is 16.3. The van der Waals surface area contributed by atoms with Crippen molar-refractivity contribution >= 4 is 11.6 Å². The van der Waals surface area contributed by atoms with Crippen molar-refractivity contribution in [3.63, 3.8) is 0 Å². The van der Waals surface area contributed by atoms with Gasteiger partial charge in [0.1, 0.15) is 0 Å². The third-order valence-corrected chi connectivity index (χ3v) is 1.27. The minimum Gasteiger partial charge on any atom is -0.298 e. The van der Waals surface area contributed by atoms with Gasteiger partial charge in [-0.15, -0.1) is 4.91 Å². The topological polar surface area (TPSA) is 66.8 Å². The van der Waals surface area contributed by atoms with E-state index in [0.29, 0.717) is 6.42 Å². The molecule has 0 atom stereocenters. The van der Waals surface area contributed by atoms with Crippen LogP contribution < -0.4 is 0 Å². The van der Waals surface area contributed by atoms with E-state index >= 15 is 0 Å². The Balaban J connectivity index is 3.90. The van der Waals surface area contributed by atoms with E-state index in [2.05, 4.69) is 5.29 Å². The molecule has 0 saturated carbocycles. The first-order valence-electron chi connectivity index (χ1n) is 3.69. The molecule has 0 aliphatic rings. The van der Waals surface area contributed by atoms with Crippen molar-refractivity contribution in [2.75, 3.05) is 13.1 Å². The van der Waals surface area contributed by atoms with Crippen LogP contribution in [0.2, 0.25) is 0 Å². The summed E-state index contributed by atoms with van der Waals surface area (Å²) in [5, 5.41) is 3.48. The Morgan fingerprint density at radius 1 is 1.33 bits per heavy atom. The minimum absolute atomic E-state index is 0.0699. The molecule has 0 saturated heterocycles. The molecular formula is C7H12N2O3. The van der Waals surface area contributed by atoms with Crippen LogP contribution in [-0.4, -0.2) is 29.7 Å². The molecular weight excluding hydrogens is 160 g/mol. The normalized spacial score (nSPS) is 9.17. The number of hydrogen-bond donors (Lipinski definition) is 0. The third kappa shape index (κ3) is 4.54. The Kier molecular flexibility index (Phi) is 4.83. The lowest BCUT2D eigenvalue weighted by atomic mass is 10.3. The summed E-state index contributed by atoms with van der Waals surface area (Å²) in [6, 6.07) is 0. The largest absolute Gasteiger partial charge is 0.298 e. The third-order valence-electron chi connectivity index (χ3n) is 1.27. The number of ketones is 2. The van der Waals surface area contributed by atoms with Crippen LogP contribution in [0.5, 0.6) is 0 Å². The first-order chi connectivity index (χ1) is 5.60. The molecule has 0 aromatic heterocycles. The molecule has 5 heteroatoms. The van der Waals surface area contributed by atoms with Gasteiger partial charge in [-0.2, -0.15) is 0 Å². The zero-order valence-corrected chi connectivity index (χ0v) is 7.24. The molecule has 68 valence electrons. The lowest BCUT2D eigenvalue weighted by Crippen LogP contribution is -2.28. The average Bonchev–Trinajstić information content (AvgIpc) is 2.02. The van der Waals surface area contributed by atoms with Crippen molar-refractivity contribution in [2.24, 2.45) is 5.29 Å². The second-order valence-electron chi connectivity index (χ2n) is 2.50. The molecule has 0 amide bonds. The number of carbonyl (C=O) groups is 2. The lowest BCUT2D eigenvalue weighted by Gasteiger charge is -2.10. The SMILES string of the molecule is CCC(=O)CN(CC(C)=O)N=O. The second kappa shape index (κ2) is 5.40. The van der Waals surface area contributed by atoms with Gasteiger partial charge in [0.2, 0.25) is 0 Å². The van der Waals surface area contributed by atoms with Gasteiger partial charge < -0.3 is 0 Å². The Bertz CT molecular complexity index is 191. The van der Waals surface area contributed by atoms with Crippen molar-refractivity contribution < 1.29 is 9.59 Å². The molecule has 12 heavy (non-hydrogen) atoms. The van der Waals surface area contributed by atoms with Crippen molar-refractivity contribution in [1.82, 2.24) is 5.01 Å². The van der Waals surface area contributed by atoms with Crippen LogP contribution in [-0.2, 0) is 9.59 Å². The molecule has 0 fully saturated rings. The molecule has 0 aromatic rings. The molecule has 0 aliphatic carbocycles. The summed E-state index contributed by atoms with van der Waals surface area (Å²) in [5.41, 5.74) is 0. The lowest BCUT2D eigenvalue weighted by molar-refractivity contribution is -0.121. The van der Waals surface area contributed by atoms with Crippen LogP contribution in [0.1, 0.15) is 20.3 Å². The maximum absolute atomic E-state index is 10.8. The van der Waals surface area contributed by atoms with Crippen LogP contribution in [0.25, 0.3) is 0 Å². The molecule has 0 unspecified atom stereocenters. The maximum atomic E-state index is 10.8. The second-order valence-corrected chi connectivity index (χ2v) is 2.50. The van der Waals surface area contributed by atoms with E-state index in [-0.39, 0.29) is 24.7 Å². The monoisotopic (exact) mass is 172 g/mol. The van der Waals surface area contributed by atoms with Gasteiger partial charge in [-0.05, 0) is 6.92 Å². The molecule has 0 aromatic carbocycles. The molecule has 0 N–H and O–H groups in total. The van der Waals surface area contributed by atoms with Gasteiger partial charge in [-0.1, -0.05) is 6.92 Å². The Hall–Kier alpha value is -1.26. The van der Waals surface area contributed by atoms with Crippen LogP contribution >= 0.6 is 0 Å². The van der Waals surface area contributed by atoms with E-state index in [1.54, 1.807) is 6.92 Å². The van der Waals surface area contributed by atoms with Gasteiger partial charge in [-0.25, -0.2) is 5.01 Å². The van der Waals surface area contributed by atoms with Crippen molar-refractivity contribution in [3.8, 4) is 0 Å². The predicted octanol–water partition coefficient (Wildman–Crippen LogP) is 0.538. The minimum atomic E-state index is -0.182. The standard InChI is InChI=1S/C7H12N2O3/c1-3-7(11)5-9(8-12)4-6(2)10/h3-5H2,1-2H3. The highest BCUT2D eigenvalue weighted by molar-refractivity contribution is 5.82. The first kappa shape index (κ1) is 10.7. The van der Waals surface area contributed by atoms with E-state index in [1.807, 2.05) is 0 Å². The van der Waals surface area contributed by atoms with E-state index in [0.717, 1.165) is 5.01 Å². The number of Topliss-reactive ketones (excluding diaryl/α,β-unsaturated/α-hetero) is 2. The van der Waals surface area contributed by atoms with Gasteiger partial charge in [0, 0.05) is 6.42 Å². The van der Waals surface area contributed by atoms with Gasteiger partial charge in [-0.3, -0.25) is 9.59 Å². The van der Waals surface area contributed by atoms with Gasteiger partial charge in [0.15, 0.2) is 11.6 Å². The number of nitrogens with zero attached hydrogens (tertiary/aromatic N) is 2. The maximum Gasteiger partial charge on any atom is 0.153 e. The van der Waals surface area contributed by atoms with Gasteiger partial charge >= 0.3 is 0 Å². The predicted molar refractivity (Wildman–Crippen MR) is 43.3 cm³/mol. The summed E-state index contributed by atoms with van der Waals surface area (Å²) < 4.78 is 0. The fraction of sp³-hybridized carbons (Fsp3) is 0.714. The summed E-state index contributed by atoms with van der Waals surface area (Å²) in [7, 11) is 0. The van der Waals surface area contributed by atoms with Gasteiger partial charge in [0.25, 0.3) is 0 Å². The van der Waals surface area contributed by atoms with Crippen LogP contribution in [0.15, 0.2) is 5.29 Å². The molecule has 0 aliphatic heterocycles. The van der Waals surface area contributed by atoms with E-state index < -0.39 is 0 Å². The highest BCUT2D eigenvalue weighted by Crippen LogP contribution is 1.92. The summed E-state index contributed by atoms with van der Waals surface area (Å²) >= 11 is 0. The molecule has 0 bridgehead atoms. The Morgan fingerprint density at radius 2 is 1.92 bits per heavy atom. The fourth-order valence-electron chi connectivity index (χ4n) is 0.686. The van der Waals surface area contributed by atoms with Crippen LogP contribution in [0.4, 0.5) is 0 Å². The molecule has 5 nitrogen and oxygen atoms in total. The molecule has 0 heterocycles. The molecule has 0 spiro atoms. The first-order valence-corrected chi connectivity index (χ1v) is 3.69. The van der Waals surface area contributed by atoms with Crippen LogP contribution in [0.3, 0.4) is 0 Å². The summed E-state index contributed by atoms with van der Waals surface area (Å²) in [4.78, 5) is 31.4. The van der Waals surface area contributed by atoms with Crippen molar-refractivity contribution in [3.05, 3.63) is 4.91 Å². The fourth-order valence-corrected chi connectivity index (χ4v) is 0.686. The molecule has 0 radical (unpaired) electrons. The van der Waals surface area contributed by atoms with Crippen LogP contribution in [0, 0.1) is 4.91 Å². The van der Waals surface area contributed by atoms with Crippen molar-refractivity contribution in [1.29, 1.82) is 0 Å². The summed E-state index contributed by atoms with van der Waals surface area (Å²) in [5.74, 6) is -0.283.